The molecule has 0 unspecified atom stereocenters. The van der Waals surface area contributed by atoms with Crippen LogP contribution >= 0.6 is 0 Å². The highest BCUT2D eigenvalue weighted by molar-refractivity contribution is 5.94. The van der Waals surface area contributed by atoms with Gasteiger partial charge in [-0.05, 0) is 38.5 Å². The number of piperazine rings is 1. The van der Waals surface area contributed by atoms with Gasteiger partial charge in [-0.2, -0.15) is 4.98 Å². The zero-order valence-corrected chi connectivity index (χ0v) is 15.4. The third-order valence-corrected chi connectivity index (χ3v) is 4.49. The molecule has 7 heteroatoms. The minimum atomic E-state index is -0.345. The maximum atomic E-state index is 13.7. The van der Waals surface area contributed by atoms with Crippen molar-refractivity contribution in [2.24, 2.45) is 0 Å². The Bertz CT molecular complexity index is 803. The van der Waals surface area contributed by atoms with Crippen LogP contribution in [0.4, 0.5) is 16.2 Å². The van der Waals surface area contributed by atoms with Crippen LogP contribution in [0.3, 0.4) is 0 Å². The molecule has 3 rings (SSSR count). The van der Waals surface area contributed by atoms with Crippen LogP contribution in [-0.2, 0) is 0 Å². The van der Waals surface area contributed by atoms with Gasteiger partial charge in [0.15, 0.2) is 0 Å². The van der Waals surface area contributed by atoms with Crippen molar-refractivity contribution in [3.8, 4) is 0 Å². The first-order chi connectivity index (χ1) is 12.5. The second kappa shape index (κ2) is 7.68. The second-order valence-electron chi connectivity index (χ2n) is 6.46. The number of aromatic nitrogens is 2. The van der Waals surface area contributed by atoms with Gasteiger partial charge in [-0.3, -0.25) is 4.79 Å². The van der Waals surface area contributed by atoms with Gasteiger partial charge < -0.3 is 15.1 Å². The summed E-state index contributed by atoms with van der Waals surface area (Å²) in [5.74, 6) is 1.01. The van der Waals surface area contributed by atoms with Crippen LogP contribution in [0.15, 0.2) is 24.3 Å². The summed E-state index contributed by atoms with van der Waals surface area (Å²) in [6.45, 7) is 8.92. The number of anilines is 2. The van der Waals surface area contributed by atoms with Gasteiger partial charge in [0.05, 0.1) is 0 Å². The zero-order valence-electron chi connectivity index (χ0n) is 15.4. The van der Waals surface area contributed by atoms with Crippen LogP contribution in [0.5, 0.6) is 0 Å². The number of amides is 1. The van der Waals surface area contributed by atoms with E-state index in [-0.39, 0.29) is 11.7 Å². The fraction of sp³-hybridized carbons (Fsp3) is 0.421. The van der Waals surface area contributed by atoms with E-state index >= 15 is 0 Å². The smallest absolute Gasteiger partial charge is 0.254 e. The molecule has 1 N–H and O–H groups in total. The summed E-state index contributed by atoms with van der Waals surface area (Å²) in [6.07, 6.45) is 0. The Hall–Kier alpha value is -2.70. The average Bonchev–Trinajstić information content (AvgIpc) is 2.63. The predicted molar refractivity (Wildman–Crippen MR) is 100 cm³/mol. The molecule has 1 aliphatic rings. The summed E-state index contributed by atoms with van der Waals surface area (Å²) in [7, 11) is 0. The van der Waals surface area contributed by atoms with Crippen molar-refractivity contribution in [2.75, 3.05) is 42.9 Å². The molecule has 0 spiro atoms. The molecule has 1 aliphatic heterocycles. The molecule has 2 heterocycles. The van der Waals surface area contributed by atoms with E-state index in [4.69, 9.17) is 0 Å². The lowest BCUT2D eigenvalue weighted by molar-refractivity contribution is 0.0746. The van der Waals surface area contributed by atoms with E-state index in [1.807, 2.05) is 19.9 Å². The molecule has 6 nitrogen and oxygen atoms in total. The third kappa shape index (κ3) is 3.92. The van der Waals surface area contributed by atoms with Crippen LogP contribution in [0.25, 0.3) is 0 Å². The molecule has 0 atom stereocenters. The normalized spacial score (nSPS) is 14.5. The number of nitrogens with zero attached hydrogens (tertiary/aromatic N) is 4. The zero-order chi connectivity index (χ0) is 18.7. The van der Waals surface area contributed by atoms with Gasteiger partial charge in [-0.1, -0.05) is 6.07 Å². The largest absolute Gasteiger partial charge is 0.354 e. The lowest BCUT2D eigenvalue weighted by Crippen LogP contribution is -2.49. The highest BCUT2D eigenvalue weighted by Crippen LogP contribution is 2.18. The van der Waals surface area contributed by atoms with E-state index in [1.54, 1.807) is 24.0 Å². The molecule has 0 radical (unpaired) electrons. The summed E-state index contributed by atoms with van der Waals surface area (Å²) in [4.78, 5) is 25.4. The molecule has 0 aliphatic carbocycles. The Kier molecular flexibility index (Phi) is 5.35. The van der Waals surface area contributed by atoms with E-state index in [9.17, 15) is 9.18 Å². The maximum Gasteiger partial charge on any atom is 0.254 e. The molecule has 1 fully saturated rings. The summed E-state index contributed by atoms with van der Waals surface area (Å²) >= 11 is 0. The number of nitrogens with one attached hydrogen (secondary N) is 1. The van der Waals surface area contributed by atoms with Gasteiger partial charge >= 0.3 is 0 Å². The fourth-order valence-electron chi connectivity index (χ4n) is 3.00. The number of rotatable bonds is 4. The summed E-state index contributed by atoms with van der Waals surface area (Å²) in [5, 5.41) is 3.14. The van der Waals surface area contributed by atoms with Crippen LogP contribution in [0.1, 0.15) is 28.5 Å². The standard InChI is InChI=1S/C19H24FN5O/c1-4-21-19-22-14(3)11-17(23-19)24-7-9-25(10-8-24)18(26)15-6-5-13(2)16(20)12-15/h5-6,11-12H,4,7-10H2,1-3H3,(H,21,22,23). The van der Waals surface area contributed by atoms with E-state index < -0.39 is 0 Å². The van der Waals surface area contributed by atoms with Crippen LogP contribution < -0.4 is 10.2 Å². The molecule has 1 saturated heterocycles. The molecule has 2 aromatic rings. The molecular formula is C19H24FN5O. The van der Waals surface area contributed by atoms with Crippen molar-refractivity contribution < 1.29 is 9.18 Å². The van der Waals surface area contributed by atoms with E-state index in [0.29, 0.717) is 43.3 Å². The van der Waals surface area contributed by atoms with Gasteiger partial charge in [-0.25, -0.2) is 9.37 Å². The Labute approximate surface area is 153 Å². The first-order valence-electron chi connectivity index (χ1n) is 8.88. The van der Waals surface area contributed by atoms with Crippen molar-refractivity contribution in [1.29, 1.82) is 0 Å². The van der Waals surface area contributed by atoms with Crippen LogP contribution in [0, 0.1) is 19.7 Å². The van der Waals surface area contributed by atoms with Gasteiger partial charge in [0, 0.05) is 50.0 Å². The first kappa shape index (κ1) is 18.1. The lowest BCUT2D eigenvalue weighted by atomic mass is 10.1. The number of aryl methyl sites for hydroxylation is 2. The fourth-order valence-corrected chi connectivity index (χ4v) is 3.00. The molecule has 138 valence electrons. The van der Waals surface area contributed by atoms with Crippen molar-refractivity contribution in [1.82, 2.24) is 14.9 Å². The molecule has 0 saturated carbocycles. The molecule has 1 aromatic heterocycles. The van der Waals surface area contributed by atoms with E-state index in [0.717, 1.165) is 18.1 Å². The molecule has 1 aromatic carbocycles. The van der Waals surface area contributed by atoms with Crippen molar-refractivity contribution >= 4 is 17.7 Å². The average molecular weight is 357 g/mol. The van der Waals surface area contributed by atoms with Gasteiger partial charge in [0.25, 0.3) is 5.91 Å². The molecule has 1 amide bonds. The minimum Gasteiger partial charge on any atom is -0.354 e. The highest BCUT2D eigenvalue weighted by atomic mass is 19.1. The third-order valence-electron chi connectivity index (χ3n) is 4.49. The van der Waals surface area contributed by atoms with Crippen molar-refractivity contribution in [3.63, 3.8) is 0 Å². The number of hydrogen-bond donors (Lipinski definition) is 1. The topological polar surface area (TPSA) is 61.4 Å². The monoisotopic (exact) mass is 357 g/mol. The van der Waals surface area contributed by atoms with Gasteiger partial charge in [0.1, 0.15) is 11.6 Å². The quantitative estimate of drug-likeness (QED) is 0.911. The van der Waals surface area contributed by atoms with Crippen molar-refractivity contribution in [3.05, 3.63) is 46.9 Å². The Balaban J connectivity index is 1.67. The number of hydrogen-bond acceptors (Lipinski definition) is 5. The van der Waals surface area contributed by atoms with Crippen LogP contribution in [-0.4, -0.2) is 53.5 Å². The molecule has 0 bridgehead atoms. The van der Waals surface area contributed by atoms with E-state index in [2.05, 4.69) is 20.2 Å². The predicted octanol–water partition coefficient (Wildman–Crippen LogP) is 2.63. The number of benzene rings is 1. The first-order valence-corrected chi connectivity index (χ1v) is 8.88. The second-order valence-corrected chi connectivity index (χ2v) is 6.46. The highest BCUT2D eigenvalue weighted by Gasteiger charge is 2.23. The minimum absolute atomic E-state index is 0.129. The number of halogens is 1. The Morgan fingerprint density at radius 2 is 1.88 bits per heavy atom. The number of carbonyl (C=O) groups is 1. The Morgan fingerprint density at radius 1 is 1.15 bits per heavy atom. The molecule has 26 heavy (non-hydrogen) atoms. The SMILES string of the molecule is CCNc1nc(C)cc(N2CCN(C(=O)c3ccc(C)c(F)c3)CC2)n1. The number of carbonyl (C=O) groups excluding carboxylic acids is 1. The maximum absolute atomic E-state index is 13.7. The van der Waals surface area contributed by atoms with E-state index in [1.165, 1.54) is 6.07 Å². The summed E-state index contributed by atoms with van der Waals surface area (Å²) in [5.41, 5.74) is 1.84. The Morgan fingerprint density at radius 3 is 2.54 bits per heavy atom. The van der Waals surface area contributed by atoms with Crippen LogP contribution in [0.2, 0.25) is 0 Å². The van der Waals surface area contributed by atoms with Gasteiger partial charge in [-0.15, -0.1) is 0 Å². The van der Waals surface area contributed by atoms with Gasteiger partial charge in [0.2, 0.25) is 5.95 Å². The summed E-state index contributed by atoms with van der Waals surface area (Å²) < 4.78 is 13.7. The lowest BCUT2D eigenvalue weighted by Gasteiger charge is -2.35. The molecular weight excluding hydrogens is 333 g/mol. The summed E-state index contributed by atoms with van der Waals surface area (Å²) in [6, 6.07) is 6.60. The van der Waals surface area contributed by atoms with Crippen molar-refractivity contribution in [2.45, 2.75) is 20.8 Å².